The van der Waals surface area contributed by atoms with Gasteiger partial charge in [-0.2, -0.15) is 0 Å². The maximum absolute atomic E-state index is 4.99. The van der Waals surface area contributed by atoms with E-state index in [0.29, 0.717) is 0 Å². The predicted octanol–water partition coefficient (Wildman–Crippen LogP) is 3.67. The lowest BCUT2D eigenvalue weighted by Gasteiger charge is -2.21. The lowest BCUT2D eigenvalue weighted by atomic mass is 9.84. The van der Waals surface area contributed by atoms with E-state index in [4.69, 9.17) is 4.74 Å². The number of hydrogen-bond donors (Lipinski definition) is 0. The lowest BCUT2D eigenvalue weighted by molar-refractivity contribution is 0.333. The third-order valence-corrected chi connectivity index (χ3v) is 2.97. The highest BCUT2D eigenvalue weighted by Gasteiger charge is 2.17. The van der Waals surface area contributed by atoms with E-state index < -0.39 is 0 Å². The molecule has 17 heavy (non-hydrogen) atoms. The van der Waals surface area contributed by atoms with Gasteiger partial charge in [0.2, 0.25) is 0 Å². The summed E-state index contributed by atoms with van der Waals surface area (Å²) >= 11 is 0. The summed E-state index contributed by atoms with van der Waals surface area (Å²) in [6.45, 7) is 4.33. The molecule has 0 saturated heterocycles. The molecular weight excluding hydrogens is 210 g/mol. The molecule has 88 valence electrons. The van der Waals surface area contributed by atoms with Crippen LogP contribution in [0.5, 0.6) is 0 Å². The van der Waals surface area contributed by atoms with Crippen LogP contribution in [-0.4, -0.2) is 12.1 Å². The van der Waals surface area contributed by atoms with Crippen molar-refractivity contribution in [1.29, 1.82) is 0 Å². The monoisotopic (exact) mass is 227 g/mol. The minimum Gasteiger partial charge on any atom is -0.505 e. The van der Waals surface area contributed by atoms with Gasteiger partial charge in [-0.15, -0.1) is 0 Å². The standard InChI is InChI=1S/C15H17NO/c1-15(2,8-10-17-3)13-6-7-14-12(11-13)5-4-9-16-14/h4-11H,1-3H3. The molecule has 0 radical (unpaired) electrons. The average molecular weight is 227 g/mol. The number of fused-ring (bicyclic) bond motifs is 1. The zero-order chi connectivity index (χ0) is 12.3. The van der Waals surface area contributed by atoms with Crippen LogP contribution in [0.1, 0.15) is 19.4 Å². The van der Waals surface area contributed by atoms with E-state index in [0.717, 1.165) is 5.52 Å². The first-order chi connectivity index (χ1) is 8.13. The second kappa shape index (κ2) is 4.58. The van der Waals surface area contributed by atoms with Crippen molar-refractivity contribution in [3.05, 3.63) is 54.4 Å². The SMILES string of the molecule is COC=CC(C)(C)c1ccc2ncccc2c1. The second-order valence-corrected chi connectivity index (χ2v) is 4.67. The number of nitrogens with zero attached hydrogens (tertiary/aromatic N) is 1. The molecule has 0 unspecified atom stereocenters. The van der Waals surface area contributed by atoms with Gasteiger partial charge in [0.25, 0.3) is 0 Å². The highest BCUT2D eigenvalue weighted by molar-refractivity contribution is 5.79. The molecule has 1 aromatic heterocycles. The molecule has 2 rings (SSSR count). The molecule has 2 nitrogen and oxygen atoms in total. The molecule has 0 N–H and O–H groups in total. The van der Waals surface area contributed by atoms with Gasteiger partial charge in [-0.1, -0.05) is 26.0 Å². The molecule has 0 bridgehead atoms. The van der Waals surface area contributed by atoms with Crippen LogP contribution in [0.2, 0.25) is 0 Å². The van der Waals surface area contributed by atoms with Gasteiger partial charge in [0.1, 0.15) is 0 Å². The number of rotatable bonds is 3. The van der Waals surface area contributed by atoms with Gasteiger partial charge >= 0.3 is 0 Å². The summed E-state index contributed by atoms with van der Waals surface area (Å²) in [6, 6.07) is 10.4. The van der Waals surface area contributed by atoms with Crippen LogP contribution < -0.4 is 0 Å². The minimum absolute atomic E-state index is 0.0416. The molecular formula is C15H17NO. The van der Waals surface area contributed by atoms with E-state index >= 15 is 0 Å². The summed E-state index contributed by atoms with van der Waals surface area (Å²) < 4.78 is 4.99. The van der Waals surface area contributed by atoms with Crippen molar-refractivity contribution in [3.8, 4) is 0 Å². The van der Waals surface area contributed by atoms with Crippen LogP contribution in [0.4, 0.5) is 0 Å². The fourth-order valence-electron chi connectivity index (χ4n) is 1.81. The predicted molar refractivity (Wildman–Crippen MR) is 70.9 cm³/mol. The smallest absolute Gasteiger partial charge is 0.0793 e. The lowest BCUT2D eigenvalue weighted by Crippen LogP contribution is -2.13. The van der Waals surface area contributed by atoms with E-state index in [1.54, 1.807) is 13.4 Å². The Kier molecular flexibility index (Phi) is 3.14. The van der Waals surface area contributed by atoms with Crippen molar-refractivity contribution in [2.24, 2.45) is 0 Å². The summed E-state index contributed by atoms with van der Waals surface area (Å²) in [5.74, 6) is 0. The van der Waals surface area contributed by atoms with Crippen LogP contribution in [0.15, 0.2) is 48.9 Å². The topological polar surface area (TPSA) is 22.1 Å². The Bertz CT molecular complexity index is 543. The Hall–Kier alpha value is -1.83. The molecule has 2 heteroatoms. The van der Waals surface area contributed by atoms with Gasteiger partial charge in [-0.25, -0.2) is 0 Å². The molecule has 2 aromatic rings. The Morgan fingerprint density at radius 3 is 2.82 bits per heavy atom. The van der Waals surface area contributed by atoms with Crippen molar-refractivity contribution >= 4 is 10.9 Å². The number of benzene rings is 1. The molecule has 0 aliphatic rings. The van der Waals surface area contributed by atoms with Gasteiger partial charge in [0.15, 0.2) is 0 Å². The maximum atomic E-state index is 4.99. The number of methoxy groups -OCH3 is 1. The number of allylic oxidation sites excluding steroid dienone is 1. The van der Waals surface area contributed by atoms with Gasteiger partial charge in [-0.3, -0.25) is 4.98 Å². The summed E-state index contributed by atoms with van der Waals surface area (Å²) in [5, 5.41) is 1.17. The van der Waals surface area contributed by atoms with E-state index in [9.17, 15) is 0 Å². The molecule has 0 aliphatic heterocycles. The number of hydrogen-bond acceptors (Lipinski definition) is 2. The fourth-order valence-corrected chi connectivity index (χ4v) is 1.81. The van der Waals surface area contributed by atoms with Gasteiger partial charge < -0.3 is 4.74 Å². The highest BCUT2D eigenvalue weighted by atomic mass is 16.5. The number of pyridine rings is 1. The van der Waals surface area contributed by atoms with Crippen LogP contribution in [0, 0.1) is 0 Å². The van der Waals surface area contributed by atoms with Crippen LogP contribution in [0.25, 0.3) is 10.9 Å². The third kappa shape index (κ3) is 2.47. The summed E-state index contributed by atoms with van der Waals surface area (Å²) in [6.07, 6.45) is 5.61. The highest BCUT2D eigenvalue weighted by Crippen LogP contribution is 2.27. The Morgan fingerprint density at radius 2 is 2.06 bits per heavy atom. The van der Waals surface area contributed by atoms with Gasteiger partial charge in [0.05, 0.1) is 18.9 Å². The number of ether oxygens (including phenoxy) is 1. The molecule has 1 heterocycles. The third-order valence-electron chi connectivity index (χ3n) is 2.97. The number of aromatic nitrogens is 1. The molecule has 1 aromatic carbocycles. The largest absolute Gasteiger partial charge is 0.505 e. The van der Waals surface area contributed by atoms with E-state index in [1.807, 2.05) is 12.3 Å². The van der Waals surface area contributed by atoms with Gasteiger partial charge in [-0.05, 0) is 29.8 Å². The molecule has 0 atom stereocenters. The van der Waals surface area contributed by atoms with Gasteiger partial charge in [0, 0.05) is 17.0 Å². The van der Waals surface area contributed by atoms with Crippen LogP contribution in [-0.2, 0) is 10.2 Å². The Balaban J connectivity index is 2.45. The fraction of sp³-hybridized carbons (Fsp3) is 0.267. The van der Waals surface area contributed by atoms with Crippen molar-refractivity contribution in [2.75, 3.05) is 7.11 Å². The van der Waals surface area contributed by atoms with Crippen molar-refractivity contribution < 1.29 is 4.74 Å². The first kappa shape index (κ1) is 11.6. The zero-order valence-electron chi connectivity index (χ0n) is 10.5. The Labute approximate surface area is 102 Å². The van der Waals surface area contributed by atoms with Crippen molar-refractivity contribution in [1.82, 2.24) is 4.98 Å². The first-order valence-electron chi connectivity index (χ1n) is 5.69. The summed E-state index contributed by atoms with van der Waals surface area (Å²) in [4.78, 5) is 4.32. The molecule has 0 saturated carbocycles. The van der Waals surface area contributed by atoms with E-state index in [2.05, 4.69) is 49.2 Å². The minimum atomic E-state index is -0.0416. The second-order valence-electron chi connectivity index (χ2n) is 4.67. The quantitative estimate of drug-likeness (QED) is 0.746. The van der Waals surface area contributed by atoms with Crippen LogP contribution in [0.3, 0.4) is 0 Å². The van der Waals surface area contributed by atoms with Crippen molar-refractivity contribution in [3.63, 3.8) is 0 Å². The first-order valence-corrected chi connectivity index (χ1v) is 5.69. The molecule has 0 spiro atoms. The molecule has 0 aliphatic carbocycles. The van der Waals surface area contributed by atoms with Crippen LogP contribution >= 0.6 is 0 Å². The maximum Gasteiger partial charge on any atom is 0.0793 e. The Morgan fingerprint density at radius 1 is 1.24 bits per heavy atom. The summed E-state index contributed by atoms with van der Waals surface area (Å²) in [7, 11) is 1.66. The summed E-state index contributed by atoms with van der Waals surface area (Å²) in [5.41, 5.74) is 2.24. The molecule has 0 fully saturated rings. The average Bonchev–Trinajstić information content (AvgIpc) is 2.36. The van der Waals surface area contributed by atoms with E-state index in [-0.39, 0.29) is 5.41 Å². The molecule has 0 amide bonds. The van der Waals surface area contributed by atoms with E-state index in [1.165, 1.54) is 10.9 Å². The van der Waals surface area contributed by atoms with Crippen molar-refractivity contribution in [2.45, 2.75) is 19.3 Å². The normalized spacial score (nSPS) is 12.2. The zero-order valence-corrected chi connectivity index (χ0v) is 10.5.